The Hall–Kier alpha value is -1.18. The third-order valence-electron chi connectivity index (χ3n) is 2.76. The summed E-state index contributed by atoms with van der Waals surface area (Å²) in [5, 5.41) is 0.800. The molecule has 1 atom stereocenters. The Balaban J connectivity index is 2.20. The first-order chi connectivity index (χ1) is 8.89. The van der Waals surface area contributed by atoms with Crippen LogP contribution in [0.1, 0.15) is 23.8 Å². The van der Waals surface area contributed by atoms with Gasteiger partial charge in [-0.15, -0.1) is 11.3 Å². The standard InChI is InChI=1S/C12H12F4N2S/c13-8-2-1-7-5-11(19-10(7)6-8)9(18-17)3-4-12(14,15)16/h1-2,5-6,9,18H,3-4,17H2. The second kappa shape index (κ2) is 5.44. The minimum atomic E-state index is -4.21. The molecule has 2 aromatic rings. The average molecular weight is 292 g/mol. The molecule has 0 spiro atoms. The number of hydrazine groups is 1. The highest BCUT2D eigenvalue weighted by Gasteiger charge is 2.28. The largest absolute Gasteiger partial charge is 0.389 e. The molecule has 104 valence electrons. The van der Waals surface area contributed by atoms with Crippen molar-refractivity contribution in [1.29, 1.82) is 0 Å². The van der Waals surface area contributed by atoms with E-state index < -0.39 is 18.6 Å². The lowest BCUT2D eigenvalue weighted by Gasteiger charge is -2.15. The topological polar surface area (TPSA) is 38.0 Å². The number of hydrogen-bond acceptors (Lipinski definition) is 3. The zero-order valence-corrected chi connectivity index (χ0v) is 10.6. The maximum atomic E-state index is 13.1. The van der Waals surface area contributed by atoms with Crippen LogP contribution in [0.25, 0.3) is 10.1 Å². The summed E-state index contributed by atoms with van der Waals surface area (Å²) >= 11 is 1.24. The predicted octanol–water partition coefficient (Wildman–Crippen LogP) is 3.89. The highest BCUT2D eigenvalue weighted by atomic mass is 32.1. The summed E-state index contributed by atoms with van der Waals surface area (Å²) in [5.74, 6) is 4.93. The molecule has 0 aliphatic carbocycles. The van der Waals surface area contributed by atoms with Gasteiger partial charge in [0.1, 0.15) is 5.82 Å². The van der Waals surface area contributed by atoms with Crippen LogP contribution in [0.3, 0.4) is 0 Å². The molecule has 1 unspecified atom stereocenters. The Labute approximate surface area is 111 Å². The van der Waals surface area contributed by atoms with Crippen LogP contribution in [0, 0.1) is 5.82 Å². The van der Waals surface area contributed by atoms with Crippen molar-refractivity contribution in [2.75, 3.05) is 0 Å². The first-order valence-corrected chi connectivity index (χ1v) is 6.42. The summed E-state index contributed by atoms with van der Waals surface area (Å²) in [5.41, 5.74) is 2.38. The third-order valence-corrected chi connectivity index (χ3v) is 3.97. The summed E-state index contributed by atoms with van der Waals surface area (Å²) in [6, 6.07) is 5.44. The third kappa shape index (κ3) is 3.65. The number of hydrogen-bond donors (Lipinski definition) is 2. The van der Waals surface area contributed by atoms with Gasteiger partial charge in [0.25, 0.3) is 0 Å². The van der Waals surface area contributed by atoms with Gasteiger partial charge in [0.2, 0.25) is 0 Å². The molecular weight excluding hydrogens is 280 g/mol. The highest BCUT2D eigenvalue weighted by Crippen LogP contribution is 2.34. The van der Waals surface area contributed by atoms with Gasteiger partial charge >= 0.3 is 6.18 Å². The molecule has 0 aliphatic heterocycles. The van der Waals surface area contributed by atoms with Crippen LogP contribution in [0.2, 0.25) is 0 Å². The first-order valence-electron chi connectivity index (χ1n) is 5.61. The average Bonchev–Trinajstić information content (AvgIpc) is 2.71. The van der Waals surface area contributed by atoms with Crippen molar-refractivity contribution in [2.45, 2.75) is 25.1 Å². The van der Waals surface area contributed by atoms with Crippen molar-refractivity contribution in [3.05, 3.63) is 35.0 Å². The van der Waals surface area contributed by atoms with Crippen LogP contribution in [0.5, 0.6) is 0 Å². The van der Waals surface area contributed by atoms with Crippen LogP contribution < -0.4 is 11.3 Å². The lowest BCUT2D eigenvalue weighted by Crippen LogP contribution is -2.28. The smallest absolute Gasteiger partial charge is 0.271 e. The van der Waals surface area contributed by atoms with E-state index in [1.807, 2.05) is 0 Å². The molecule has 0 aliphatic rings. The molecule has 0 radical (unpaired) electrons. The molecule has 7 heteroatoms. The zero-order valence-electron chi connectivity index (χ0n) is 9.80. The number of halogens is 4. The minimum Gasteiger partial charge on any atom is -0.271 e. The quantitative estimate of drug-likeness (QED) is 0.510. The predicted molar refractivity (Wildman–Crippen MR) is 67.1 cm³/mol. The molecule has 1 heterocycles. The van der Waals surface area contributed by atoms with E-state index in [-0.39, 0.29) is 12.2 Å². The molecule has 0 saturated carbocycles. The van der Waals surface area contributed by atoms with Gasteiger partial charge in [-0.3, -0.25) is 11.3 Å². The van der Waals surface area contributed by atoms with Gasteiger partial charge < -0.3 is 0 Å². The molecule has 19 heavy (non-hydrogen) atoms. The summed E-state index contributed by atoms with van der Waals surface area (Å²) in [7, 11) is 0. The van der Waals surface area contributed by atoms with E-state index >= 15 is 0 Å². The maximum Gasteiger partial charge on any atom is 0.389 e. The second-order valence-corrected chi connectivity index (χ2v) is 5.32. The van der Waals surface area contributed by atoms with E-state index in [2.05, 4.69) is 5.43 Å². The summed E-state index contributed by atoms with van der Waals surface area (Å²) < 4.78 is 50.4. The number of thiophene rings is 1. The monoisotopic (exact) mass is 292 g/mol. The van der Waals surface area contributed by atoms with Crippen molar-refractivity contribution >= 4 is 21.4 Å². The van der Waals surface area contributed by atoms with E-state index in [9.17, 15) is 17.6 Å². The highest BCUT2D eigenvalue weighted by molar-refractivity contribution is 7.19. The Bertz CT molecular complexity index is 564. The number of fused-ring (bicyclic) bond motifs is 1. The lowest BCUT2D eigenvalue weighted by molar-refractivity contribution is -0.136. The fraction of sp³-hybridized carbons (Fsp3) is 0.333. The van der Waals surface area contributed by atoms with Gasteiger partial charge in [0.15, 0.2) is 0 Å². The van der Waals surface area contributed by atoms with Gasteiger partial charge in [0.05, 0.1) is 6.04 Å². The Morgan fingerprint density at radius 2 is 2.00 bits per heavy atom. The van der Waals surface area contributed by atoms with E-state index in [1.165, 1.54) is 23.5 Å². The van der Waals surface area contributed by atoms with Crippen LogP contribution in [0.4, 0.5) is 17.6 Å². The van der Waals surface area contributed by atoms with Crippen LogP contribution >= 0.6 is 11.3 Å². The summed E-state index contributed by atoms with van der Waals surface area (Å²) in [4.78, 5) is 0.673. The molecule has 0 fully saturated rings. The fourth-order valence-electron chi connectivity index (χ4n) is 1.81. The molecule has 1 aromatic carbocycles. The number of alkyl halides is 3. The second-order valence-electron chi connectivity index (χ2n) is 4.20. The summed E-state index contributed by atoms with van der Waals surface area (Å²) in [6.07, 6.45) is -5.27. The van der Waals surface area contributed by atoms with Gasteiger partial charge in [-0.05, 0) is 30.0 Å². The Kier molecular flexibility index (Phi) is 4.07. The van der Waals surface area contributed by atoms with Crippen LogP contribution in [0.15, 0.2) is 24.3 Å². The van der Waals surface area contributed by atoms with Gasteiger partial charge in [0, 0.05) is 16.0 Å². The van der Waals surface area contributed by atoms with Crippen LogP contribution in [-0.4, -0.2) is 6.18 Å². The van der Waals surface area contributed by atoms with Gasteiger partial charge in [-0.25, -0.2) is 4.39 Å². The fourth-order valence-corrected chi connectivity index (χ4v) is 3.00. The van der Waals surface area contributed by atoms with E-state index in [0.29, 0.717) is 9.58 Å². The minimum absolute atomic E-state index is 0.144. The lowest BCUT2D eigenvalue weighted by atomic mass is 10.1. The van der Waals surface area contributed by atoms with Crippen molar-refractivity contribution in [2.24, 2.45) is 5.84 Å². The molecular formula is C12H12F4N2S. The van der Waals surface area contributed by atoms with Gasteiger partial charge in [-0.1, -0.05) is 6.07 Å². The van der Waals surface area contributed by atoms with Crippen molar-refractivity contribution in [1.82, 2.24) is 5.43 Å². The molecule has 0 amide bonds. The van der Waals surface area contributed by atoms with E-state index in [1.54, 1.807) is 12.1 Å². The normalized spacial score (nSPS) is 13.9. The van der Waals surface area contributed by atoms with Crippen molar-refractivity contribution in [3.63, 3.8) is 0 Å². The number of nitrogens with one attached hydrogen (secondary N) is 1. The molecule has 3 N–H and O–H groups in total. The Morgan fingerprint density at radius 3 is 2.63 bits per heavy atom. The summed E-state index contributed by atoms with van der Waals surface area (Å²) in [6.45, 7) is 0. The number of nitrogens with two attached hydrogens (primary N) is 1. The number of benzene rings is 1. The molecule has 1 aromatic heterocycles. The zero-order chi connectivity index (χ0) is 14.0. The molecule has 2 nitrogen and oxygen atoms in total. The van der Waals surface area contributed by atoms with Crippen LogP contribution in [-0.2, 0) is 0 Å². The van der Waals surface area contributed by atoms with E-state index in [4.69, 9.17) is 5.84 Å². The first kappa shape index (κ1) is 14.2. The number of rotatable bonds is 4. The van der Waals surface area contributed by atoms with E-state index in [0.717, 1.165) is 5.39 Å². The Morgan fingerprint density at radius 1 is 1.26 bits per heavy atom. The maximum absolute atomic E-state index is 13.1. The SMILES string of the molecule is NNC(CCC(F)(F)F)c1cc2ccc(F)cc2s1. The van der Waals surface area contributed by atoms with Gasteiger partial charge in [-0.2, -0.15) is 13.2 Å². The van der Waals surface area contributed by atoms with Crippen molar-refractivity contribution in [3.8, 4) is 0 Å². The van der Waals surface area contributed by atoms with Crippen molar-refractivity contribution < 1.29 is 17.6 Å². The molecule has 0 saturated heterocycles. The molecule has 2 rings (SSSR count). The molecule has 0 bridgehead atoms.